The summed E-state index contributed by atoms with van der Waals surface area (Å²) in [6.07, 6.45) is 0.722. The van der Waals surface area contributed by atoms with Crippen LogP contribution in [0.15, 0.2) is 85.1 Å². The van der Waals surface area contributed by atoms with Crippen LogP contribution in [0.25, 0.3) is 11.1 Å². The lowest BCUT2D eigenvalue weighted by Gasteiger charge is -2.22. The number of benzene rings is 3. The van der Waals surface area contributed by atoms with Crippen LogP contribution in [0.1, 0.15) is 33.1 Å². The van der Waals surface area contributed by atoms with Crippen LogP contribution in [-0.2, 0) is 23.1 Å². The summed E-state index contributed by atoms with van der Waals surface area (Å²) in [5.41, 5.74) is 5.42. The van der Waals surface area contributed by atoms with Gasteiger partial charge in [0.2, 0.25) is 0 Å². The van der Waals surface area contributed by atoms with Crippen LogP contribution in [0, 0.1) is 0 Å². The molecule has 0 aliphatic heterocycles. The molecule has 0 spiro atoms. The predicted molar refractivity (Wildman–Crippen MR) is 154 cm³/mol. The maximum absolute atomic E-state index is 13.1. The number of carbonyl (C=O) groups excluding carboxylic acids is 2. The maximum Gasteiger partial charge on any atom is 0.411 e. The lowest BCUT2D eigenvalue weighted by atomic mass is 9.98. The third-order valence-electron chi connectivity index (χ3n) is 7.02. The molecule has 5 rings (SSSR count). The number of anilines is 1. The van der Waals surface area contributed by atoms with Gasteiger partial charge in [-0.05, 0) is 34.9 Å². The number of hydrogen-bond acceptors (Lipinski definition) is 6. The van der Waals surface area contributed by atoms with Gasteiger partial charge in [0.25, 0.3) is 5.91 Å². The van der Waals surface area contributed by atoms with Gasteiger partial charge in [-0.2, -0.15) is 5.10 Å². The fraction of sp³-hybridized carbons (Fsp3) is 0.226. The highest BCUT2D eigenvalue weighted by molar-refractivity contribution is 6.02. The minimum Gasteiger partial charge on any atom is -0.480 e. The van der Waals surface area contributed by atoms with Crippen molar-refractivity contribution in [1.82, 2.24) is 20.0 Å². The number of likely N-dealkylation sites (N-methyl/N-ethyl adjacent to an activating group) is 1. The largest absolute Gasteiger partial charge is 0.480 e. The third-order valence-corrected chi connectivity index (χ3v) is 7.02. The molecule has 10 heteroatoms. The standard InChI is InChI=1S/C31H31N5O5/c1-35(16-20-10-4-3-5-11-20)17-27(30(38)39)32-29(37)28-26(18-36(2)34-28)33-31(40)41-19-25-23-14-8-6-12-21(23)22-13-7-9-15-24(22)25/h3-15,18,25,27H,16-17,19H2,1-2H3,(H,32,37)(H,33,40)(H,38,39). The number of nitrogens with zero attached hydrogens (tertiary/aromatic N) is 3. The highest BCUT2D eigenvalue weighted by Gasteiger charge is 2.30. The molecular formula is C31H31N5O5. The van der Waals surface area contributed by atoms with Crippen molar-refractivity contribution >= 4 is 23.7 Å². The van der Waals surface area contributed by atoms with Gasteiger partial charge in [0.15, 0.2) is 5.69 Å². The SMILES string of the molecule is CN(Cc1ccccc1)CC(NC(=O)c1nn(C)cc1NC(=O)OCC1c2ccccc2-c2ccccc21)C(=O)O. The normalized spacial score (nSPS) is 12.9. The molecule has 1 aromatic heterocycles. The van der Waals surface area contributed by atoms with E-state index in [4.69, 9.17) is 4.74 Å². The van der Waals surface area contributed by atoms with E-state index in [1.54, 1.807) is 14.1 Å². The molecule has 1 unspecified atom stereocenters. The van der Waals surface area contributed by atoms with Crippen molar-refractivity contribution in [2.24, 2.45) is 7.05 Å². The lowest BCUT2D eigenvalue weighted by Crippen LogP contribution is -2.47. The molecule has 10 nitrogen and oxygen atoms in total. The molecule has 1 atom stereocenters. The van der Waals surface area contributed by atoms with Gasteiger partial charge in [-0.25, -0.2) is 9.59 Å². The zero-order valence-electron chi connectivity index (χ0n) is 22.8. The minimum absolute atomic E-state index is 0.0674. The zero-order chi connectivity index (χ0) is 28.9. The highest BCUT2D eigenvalue weighted by atomic mass is 16.5. The summed E-state index contributed by atoms with van der Waals surface area (Å²) in [6, 6.07) is 24.5. The van der Waals surface area contributed by atoms with Crippen molar-refractivity contribution < 1.29 is 24.2 Å². The van der Waals surface area contributed by atoms with E-state index in [1.807, 2.05) is 71.6 Å². The second-order valence-corrected chi connectivity index (χ2v) is 10.1. The van der Waals surface area contributed by atoms with E-state index < -0.39 is 24.0 Å². The Bertz CT molecular complexity index is 1520. The minimum atomic E-state index is -1.19. The molecule has 1 aliphatic carbocycles. The quantitative estimate of drug-likeness (QED) is 0.270. The highest BCUT2D eigenvalue weighted by Crippen LogP contribution is 2.44. The van der Waals surface area contributed by atoms with Crippen molar-refractivity contribution in [3.8, 4) is 11.1 Å². The number of aliphatic carboxylic acids is 1. The van der Waals surface area contributed by atoms with Crippen molar-refractivity contribution in [2.75, 3.05) is 25.5 Å². The van der Waals surface area contributed by atoms with E-state index in [0.29, 0.717) is 6.54 Å². The third kappa shape index (κ3) is 6.28. The van der Waals surface area contributed by atoms with Gasteiger partial charge in [-0.1, -0.05) is 78.9 Å². The molecule has 2 amide bonds. The number of amides is 2. The number of carbonyl (C=O) groups is 3. The topological polar surface area (TPSA) is 126 Å². The molecule has 3 N–H and O–H groups in total. The number of hydrogen-bond donors (Lipinski definition) is 3. The number of aryl methyl sites for hydroxylation is 1. The van der Waals surface area contributed by atoms with Gasteiger partial charge in [-0.3, -0.25) is 19.7 Å². The second kappa shape index (κ2) is 12.1. The van der Waals surface area contributed by atoms with Crippen LogP contribution in [0.4, 0.5) is 10.5 Å². The average Bonchev–Trinajstić information content (AvgIpc) is 3.49. The molecule has 1 aliphatic rings. The Kier molecular flexibility index (Phi) is 8.11. The van der Waals surface area contributed by atoms with Crippen molar-refractivity contribution in [1.29, 1.82) is 0 Å². The van der Waals surface area contributed by atoms with Crippen LogP contribution in [0.5, 0.6) is 0 Å². The molecule has 0 fully saturated rings. The van der Waals surface area contributed by atoms with E-state index in [0.717, 1.165) is 27.8 Å². The number of carboxylic acids is 1. The van der Waals surface area contributed by atoms with Gasteiger partial charge >= 0.3 is 12.1 Å². The Hall–Kier alpha value is -4.96. The van der Waals surface area contributed by atoms with Crippen LogP contribution < -0.4 is 10.6 Å². The average molecular weight is 554 g/mol. The molecule has 0 saturated carbocycles. The molecule has 0 bridgehead atoms. The molecule has 0 radical (unpaired) electrons. The number of aromatic nitrogens is 2. The Labute approximate surface area is 237 Å². The zero-order valence-corrected chi connectivity index (χ0v) is 22.8. The van der Waals surface area contributed by atoms with Crippen molar-refractivity contribution in [3.63, 3.8) is 0 Å². The summed E-state index contributed by atoms with van der Waals surface area (Å²) in [6.45, 7) is 0.688. The molecular weight excluding hydrogens is 522 g/mol. The smallest absolute Gasteiger partial charge is 0.411 e. The number of fused-ring (bicyclic) bond motifs is 3. The van der Waals surface area contributed by atoms with Crippen molar-refractivity contribution in [3.05, 3.63) is 107 Å². The fourth-order valence-corrected chi connectivity index (χ4v) is 5.18. The first-order chi connectivity index (χ1) is 19.8. The Balaban J connectivity index is 1.22. The van der Waals surface area contributed by atoms with Crippen LogP contribution >= 0.6 is 0 Å². The first-order valence-electron chi connectivity index (χ1n) is 13.2. The van der Waals surface area contributed by atoms with E-state index >= 15 is 0 Å². The molecule has 0 saturated heterocycles. The summed E-state index contributed by atoms with van der Waals surface area (Å²) in [7, 11) is 3.38. The summed E-state index contributed by atoms with van der Waals surface area (Å²) in [5.74, 6) is -2.02. The number of carboxylic acid groups (broad SMARTS) is 1. The monoisotopic (exact) mass is 553 g/mol. The number of nitrogens with one attached hydrogen (secondary N) is 2. The van der Waals surface area contributed by atoms with Crippen LogP contribution in [0.3, 0.4) is 0 Å². The first kappa shape index (κ1) is 27.6. The van der Waals surface area contributed by atoms with Crippen LogP contribution in [-0.4, -0.2) is 64.0 Å². The van der Waals surface area contributed by atoms with E-state index in [9.17, 15) is 19.5 Å². The Morgan fingerprint density at radius 2 is 1.59 bits per heavy atom. The summed E-state index contributed by atoms with van der Waals surface area (Å²) >= 11 is 0. The van der Waals surface area contributed by atoms with E-state index in [2.05, 4.69) is 27.9 Å². The Morgan fingerprint density at radius 1 is 0.976 bits per heavy atom. The summed E-state index contributed by atoms with van der Waals surface area (Å²) in [4.78, 5) is 39.7. The summed E-state index contributed by atoms with van der Waals surface area (Å²) < 4.78 is 6.96. The van der Waals surface area contributed by atoms with Gasteiger partial charge in [0, 0.05) is 32.3 Å². The Morgan fingerprint density at radius 3 is 2.22 bits per heavy atom. The van der Waals surface area contributed by atoms with Gasteiger partial charge in [-0.15, -0.1) is 0 Å². The first-order valence-corrected chi connectivity index (χ1v) is 13.2. The predicted octanol–water partition coefficient (Wildman–Crippen LogP) is 4.10. The molecule has 210 valence electrons. The molecule has 1 heterocycles. The van der Waals surface area contributed by atoms with Gasteiger partial charge in [0.1, 0.15) is 12.6 Å². The number of ether oxygens (including phenoxy) is 1. The molecule has 3 aromatic carbocycles. The maximum atomic E-state index is 13.1. The molecule has 4 aromatic rings. The van der Waals surface area contributed by atoms with Gasteiger partial charge < -0.3 is 15.2 Å². The lowest BCUT2D eigenvalue weighted by molar-refractivity contribution is -0.139. The van der Waals surface area contributed by atoms with Crippen LogP contribution in [0.2, 0.25) is 0 Å². The van der Waals surface area contributed by atoms with E-state index in [1.165, 1.54) is 10.9 Å². The van der Waals surface area contributed by atoms with E-state index in [-0.39, 0.29) is 30.5 Å². The van der Waals surface area contributed by atoms with Crippen molar-refractivity contribution in [2.45, 2.75) is 18.5 Å². The fourth-order valence-electron chi connectivity index (χ4n) is 5.18. The molecule has 41 heavy (non-hydrogen) atoms. The second-order valence-electron chi connectivity index (χ2n) is 10.1. The van der Waals surface area contributed by atoms with Gasteiger partial charge in [0.05, 0.1) is 5.69 Å². The summed E-state index contributed by atoms with van der Waals surface area (Å²) in [5, 5.41) is 19.0. The number of rotatable bonds is 10.